The van der Waals surface area contributed by atoms with Crippen LogP contribution in [0.25, 0.3) is 0 Å². The number of piperidine rings is 1. The average Bonchev–Trinajstić information content (AvgIpc) is 3.17. The largest absolute Gasteiger partial charge is 0.443 e. The van der Waals surface area contributed by atoms with E-state index >= 15 is 0 Å². The number of hydrogen-bond acceptors (Lipinski definition) is 4. The normalized spacial score (nSPS) is 17.2. The van der Waals surface area contributed by atoms with Crippen molar-refractivity contribution in [2.75, 3.05) is 6.54 Å². The molecule has 5 heteroatoms. The molecule has 2 aromatic heterocycles. The van der Waals surface area contributed by atoms with Crippen molar-refractivity contribution in [2.45, 2.75) is 31.7 Å². The fourth-order valence-corrected chi connectivity index (χ4v) is 3.42. The van der Waals surface area contributed by atoms with E-state index in [9.17, 15) is 4.79 Å². The van der Waals surface area contributed by atoms with Crippen LogP contribution in [0, 0.1) is 0 Å². The number of nitrogens with zero attached hydrogens (tertiary/aromatic N) is 3. The molecular formula is C21H21N3O2. The van der Waals surface area contributed by atoms with Crippen molar-refractivity contribution in [1.29, 1.82) is 0 Å². The van der Waals surface area contributed by atoms with Gasteiger partial charge in [0.25, 0.3) is 5.91 Å². The first-order valence-electron chi connectivity index (χ1n) is 9.02. The van der Waals surface area contributed by atoms with Crippen molar-refractivity contribution < 1.29 is 9.21 Å². The third kappa shape index (κ3) is 3.52. The van der Waals surface area contributed by atoms with E-state index in [0.29, 0.717) is 24.6 Å². The van der Waals surface area contributed by atoms with Gasteiger partial charge in [0, 0.05) is 19.2 Å². The van der Waals surface area contributed by atoms with Crippen LogP contribution in [-0.2, 0) is 6.42 Å². The molecule has 3 aromatic rings. The Balaban J connectivity index is 1.54. The van der Waals surface area contributed by atoms with Crippen molar-refractivity contribution in [3.63, 3.8) is 0 Å². The lowest BCUT2D eigenvalue weighted by Crippen LogP contribution is -2.39. The number of pyridine rings is 1. The number of hydrogen-bond donors (Lipinski definition) is 0. The lowest BCUT2D eigenvalue weighted by atomic mass is 10.0. The number of carbonyl (C=O) groups is 1. The minimum Gasteiger partial charge on any atom is -0.443 e. The van der Waals surface area contributed by atoms with Crippen molar-refractivity contribution in [3.05, 3.63) is 83.8 Å². The van der Waals surface area contributed by atoms with E-state index in [0.717, 1.165) is 25.0 Å². The molecule has 26 heavy (non-hydrogen) atoms. The Morgan fingerprint density at radius 3 is 2.73 bits per heavy atom. The Kier molecular flexibility index (Phi) is 4.78. The molecule has 1 aromatic carbocycles. The predicted molar refractivity (Wildman–Crippen MR) is 97.6 cm³/mol. The molecule has 0 aliphatic carbocycles. The molecule has 0 unspecified atom stereocenters. The van der Waals surface area contributed by atoms with Crippen molar-refractivity contribution in [2.24, 2.45) is 0 Å². The Bertz CT molecular complexity index is 861. The van der Waals surface area contributed by atoms with E-state index in [2.05, 4.69) is 22.1 Å². The SMILES string of the molecule is O=C(c1ccccn1)N1CCCC[C@H]1c1ncc(Cc2ccccc2)o1. The average molecular weight is 347 g/mol. The van der Waals surface area contributed by atoms with Gasteiger partial charge < -0.3 is 9.32 Å². The minimum atomic E-state index is -0.122. The van der Waals surface area contributed by atoms with Gasteiger partial charge in [-0.25, -0.2) is 4.98 Å². The van der Waals surface area contributed by atoms with Gasteiger partial charge in [-0.1, -0.05) is 36.4 Å². The van der Waals surface area contributed by atoms with Crippen LogP contribution in [0.2, 0.25) is 0 Å². The van der Waals surface area contributed by atoms with Crippen LogP contribution >= 0.6 is 0 Å². The zero-order valence-corrected chi connectivity index (χ0v) is 14.5. The molecule has 0 spiro atoms. The van der Waals surface area contributed by atoms with Gasteiger partial charge in [-0.2, -0.15) is 0 Å². The first-order valence-corrected chi connectivity index (χ1v) is 9.02. The summed E-state index contributed by atoms with van der Waals surface area (Å²) in [5.41, 5.74) is 1.65. The molecular weight excluding hydrogens is 326 g/mol. The molecule has 0 N–H and O–H groups in total. The Labute approximate surface area is 152 Å². The summed E-state index contributed by atoms with van der Waals surface area (Å²) >= 11 is 0. The van der Waals surface area contributed by atoms with Crippen LogP contribution in [0.5, 0.6) is 0 Å². The van der Waals surface area contributed by atoms with E-state index in [4.69, 9.17) is 4.42 Å². The summed E-state index contributed by atoms with van der Waals surface area (Å²) in [6.45, 7) is 0.705. The summed E-state index contributed by atoms with van der Waals surface area (Å²) in [5.74, 6) is 1.39. The number of benzene rings is 1. The highest BCUT2D eigenvalue weighted by Gasteiger charge is 2.32. The molecule has 1 atom stereocenters. The molecule has 3 heterocycles. The smallest absolute Gasteiger partial charge is 0.273 e. The maximum atomic E-state index is 12.9. The first-order chi connectivity index (χ1) is 12.8. The van der Waals surface area contributed by atoms with Gasteiger partial charge in [-0.15, -0.1) is 0 Å². The second-order valence-electron chi connectivity index (χ2n) is 6.55. The lowest BCUT2D eigenvalue weighted by Gasteiger charge is -2.33. The summed E-state index contributed by atoms with van der Waals surface area (Å²) in [5, 5.41) is 0. The summed E-state index contributed by atoms with van der Waals surface area (Å²) in [7, 11) is 0. The third-order valence-electron chi connectivity index (χ3n) is 4.73. The second kappa shape index (κ2) is 7.52. The van der Waals surface area contributed by atoms with Crippen molar-refractivity contribution >= 4 is 5.91 Å². The zero-order chi connectivity index (χ0) is 17.8. The zero-order valence-electron chi connectivity index (χ0n) is 14.5. The Morgan fingerprint density at radius 2 is 1.92 bits per heavy atom. The monoisotopic (exact) mass is 347 g/mol. The lowest BCUT2D eigenvalue weighted by molar-refractivity contribution is 0.0564. The van der Waals surface area contributed by atoms with Gasteiger partial charge in [-0.3, -0.25) is 9.78 Å². The van der Waals surface area contributed by atoms with Gasteiger partial charge in [0.15, 0.2) is 0 Å². The molecule has 5 nitrogen and oxygen atoms in total. The molecule has 4 rings (SSSR count). The van der Waals surface area contributed by atoms with E-state index < -0.39 is 0 Å². The van der Waals surface area contributed by atoms with Crippen LogP contribution in [-0.4, -0.2) is 27.3 Å². The Hall–Kier alpha value is -2.95. The molecule has 132 valence electrons. The van der Waals surface area contributed by atoms with E-state index in [-0.39, 0.29) is 11.9 Å². The number of carbonyl (C=O) groups excluding carboxylic acids is 1. The highest BCUT2D eigenvalue weighted by molar-refractivity contribution is 5.92. The van der Waals surface area contributed by atoms with E-state index in [1.54, 1.807) is 18.5 Å². The third-order valence-corrected chi connectivity index (χ3v) is 4.73. The van der Waals surface area contributed by atoms with Gasteiger partial charge in [-0.05, 0) is 37.0 Å². The van der Waals surface area contributed by atoms with Crippen molar-refractivity contribution in [3.8, 4) is 0 Å². The van der Waals surface area contributed by atoms with E-state index in [1.807, 2.05) is 35.2 Å². The maximum Gasteiger partial charge on any atom is 0.273 e. The quantitative estimate of drug-likeness (QED) is 0.715. The Morgan fingerprint density at radius 1 is 1.08 bits per heavy atom. The van der Waals surface area contributed by atoms with Crippen LogP contribution in [0.3, 0.4) is 0 Å². The van der Waals surface area contributed by atoms with Crippen LogP contribution in [0.1, 0.15) is 53.0 Å². The van der Waals surface area contributed by atoms with Crippen molar-refractivity contribution in [1.82, 2.24) is 14.9 Å². The van der Waals surface area contributed by atoms with Gasteiger partial charge in [0.05, 0.1) is 6.20 Å². The fourth-order valence-electron chi connectivity index (χ4n) is 3.42. The number of oxazole rings is 1. The molecule has 1 aliphatic heterocycles. The predicted octanol–water partition coefficient (Wildman–Crippen LogP) is 4.03. The van der Waals surface area contributed by atoms with Gasteiger partial charge in [0.2, 0.25) is 5.89 Å². The summed E-state index contributed by atoms with van der Waals surface area (Å²) in [4.78, 5) is 23.4. The highest BCUT2D eigenvalue weighted by atomic mass is 16.4. The summed E-state index contributed by atoms with van der Waals surface area (Å²) in [6, 6.07) is 15.4. The number of aromatic nitrogens is 2. The molecule has 0 saturated carbocycles. The summed E-state index contributed by atoms with van der Waals surface area (Å²) in [6.07, 6.45) is 7.05. The second-order valence-corrected chi connectivity index (χ2v) is 6.55. The van der Waals surface area contributed by atoms with E-state index in [1.165, 1.54) is 5.56 Å². The molecule has 1 saturated heterocycles. The maximum absolute atomic E-state index is 12.9. The highest BCUT2D eigenvalue weighted by Crippen LogP contribution is 2.32. The summed E-state index contributed by atoms with van der Waals surface area (Å²) < 4.78 is 6.02. The first kappa shape index (κ1) is 16.5. The van der Waals surface area contributed by atoms with Crippen LogP contribution in [0.15, 0.2) is 65.3 Å². The molecule has 1 fully saturated rings. The van der Waals surface area contributed by atoms with Gasteiger partial charge in [0.1, 0.15) is 17.5 Å². The fraction of sp³-hybridized carbons (Fsp3) is 0.286. The topological polar surface area (TPSA) is 59.2 Å². The molecule has 0 bridgehead atoms. The van der Waals surface area contributed by atoms with Crippen LogP contribution in [0.4, 0.5) is 0 Å². The van der Waals surface area contributed by atoms with Gasteiger partial charge >= 0.3 is 0 Å². The molecule has 1 amide bonds. The van der Waals surface area contributed by atoms with Crippen LogP contribution < -0.4 is 0 Å². The number of amides is 1. The molecule has 1 aliphatic rings. The minimum absolute atomic E-state index is 0.0573. The molecule has 0 radical (unpaired) electrons. The standard InChI is InChI=1S/C21H21N3O2/c25-21(18-10-4-6-12-22-18)24-13-7-5-11-19(24)20-23-15-17(26-20)14-16-8-2-1-3-9-16/h1-4,6,8-10,12,15,19H,5,7,11,13-14H2/t19-/m0/s1. The number of rotatable bonds is 4. The number of likely N-dealkylation sites (tertiary alicyclic amines) is 1.